The minimum atomic E-state index is -3.89. The molecule has 1 amide bonds. The van der Waals surface area contributed by atoms with E-state index >= 15 is 0 Å². The van der Waals surface area contributed by atoms with Crippen molar-refractivity contribution in [1.29, 1.82) is 0 Å². The molecule has 0 spiro atoms. The molecule has 2 rings (SSSR count). The molecule has 2 aromatic carbocycles. The van der Waals surface area contributed by atoms with Crippen LogP contribution in [0.1, 0.15) is 19.4 Å². The van der Waals surface area contributed by atoms with Gasteiger partial charge in [0.2, 0.25) is 26.0 Å². The molecule has 0 atom stereocenters. The van der Waals surface area contributed by atoms with Crippen molar-refractivity contribution in [3.63, 3.8) is 0 Å². The second-order valence-electron chi connectivity index (χ2n) is 7.05. The first kappa shape index (κ1) is 25.8. The SMILES string of the molecule is CCN(CC)S(=O)(=O)c1cc(NC(=O)CN(C)S(=O)(=O)c2ccc(OC)cc2)ccc1C. The summed E-state index contributed by atoms with van der Waals surface area (Å²) in [7, 11) is -4.83. The van der Waals surface area contributed by atoms with Crippen LogP contribution in [-0.2, 0) is 24.8 Å². The van der Waals surface area contributed by atoms with Gasteiger partial charge in [-0.25, -0.2) is 16.8 Å². The van der Waals surface area contributed by atoms with E-state index in [0.717, 1.165) is 4.31 Å². The van der Waals surface area contributed by atoms with Crippen LogP contribution in [0.3, 0.4) is 0 Å². The number of amides is 1. The van der Waals surface area contributed by atoms with Gasteiger partial charge in [0.15, 0.2) is 0 Å². The van der Waals surface area contributed by atoms with E-state index in [9.17, 15) is 21.6 Å². The maximum atomic E-state index is 12.9. The average Bonchev–Trinajstić information content (AvgIpc) is 2.75. The van der Waals surface area contributed by atoms with Gasteiger partial charge in [0, 0.05) is 25.8 Å². The van der Waals surface area contributed by atoms with E-state index < -0.39 is 32.5 Å². The van der Waals surface area contributed by atoms with Crippen molar-refractivity contribution >= 4 is 31.6 Å². The fourth-order valence-electron chi connectivity index (χ4n) is 3.07. The van der Waals surface area contributed by atoms with Gasteiger partial charge in [0.05, 0.1) is 23.4 Å². The summed E-state index contributed by atoms with van der Waals surface area (Å²) in [6, 6.07) is 10.4. The van der Waals surface area contributed by atoms with Crippen LogP contribution in [0.15, 0.2) is 52.3 Å². The first-order valence-electron chi connectivity index (χ1n) is 9.98. The Morgan fingerprint density at radius 3 is 2.09 bits per heavy atom. The molecule has 0 unspecified atom stereocenters. The van der Waals surface area contributed by atoms with E-state index in [2.05, 4.69) is 5.32 Å². The van der Waals surface area contributed by atoms with E-state index in [0.29, 0.717) is 24.4 Å². The topological polar surface area (TPSA) is 113 Å². The predicted octanol–water partition coefficient (Wildman–Crippen LogP) is 2.29. The van der Waals surface area contributed by atoms with Crippen LogP contribution < -0.4 is 10.1 Å². The van der Waals surface area contributed by atoms with Gasteiger partial charge in [-0.1, -0.05) is 19.9 Å². The van der Waals surface area contributed by atoms with Gasteiger partial charge in [-0.2, -0.15) is 8.61 Å². The van der Waals surface area contributed by atoms with Crippen molar-refractivity contribution in [2.24, 2.45) is 0 Å². The lowest BCUT2D eigenvalue weighted by Crippen LogP contribution is -2.35. The van der Waals surface area contributed by atoms with Crippen LogP contribution >= 0.6 is 0 Å². The van der Waals surface area contributed by atoms with Gasteiger partial charge in [-0.3, -0.25) is 4.79 Å². The molecule has 176 valence electrons. The summed E-state index contributed by atoms with van der Waals surface area (Å²) in [5.74, 6) is -0.0844. The van der Waals surface area contributed by atoms with Gasteiger partial charge in [0.25, 0.3) is 0 Å². The molecule has 0 heterocycles. The number of hydrogen-bond donors (Lipinski definition) is 1. The zero-order valence-corrected chi connectivity index (χ0v) is 20.5. The molecule has 0 aliphatic rings. The van der Waals surface area contributed by atoms with Crippen LogP contribution in [0.4, 0.5) is 5.69 Å². The van der Waals surface area contributed by atoms with E-state index in [1.54, 1.807) is 32.9 Å². The number of carbonyl (C=O) groups is 1. The number of carbonyl (C=O) groups excluding carboxylic acids is 1. The zero-order valence-electron chi connectivity index (χ0n) is 18.8. The highest BCUT2D eigenvalue weighted by atomic mass is 32.2. The number of sulfonamides is 2. The van der Waals surface area contributed by atoms with Crippen molar-refractivity contribution in [3.05, 3.63) is 48.0 Å². The fourth-order valence-corrected chi connectivity index (χ4v) is 5.91. The highest BCUT2D eigenvalue weighted by molar-refractivity contribution is 7.89. The first-order chi connectivity index (χ1) is 15.0. The highest BCUT2D eigenvalue weighted by Gasteiger charge is 2.25. The molecule has 0 bridgehead atoms. The maximum Gasteiger partial charge on any atom is 0.243 e. The molecule has 0 radical (unpaired) electrons. The maximum absolute atomic E-state index is 12.9. The minimum absolute atomic E-state index is 0.0246. The van der Waals surface area contributed by atoms with Gasteiger partial charge in [-0.15, -0.1) is 0 Å². The Hall–Kier alpha value is -2.47. The van der Waals surface area contributed by atoms with E-state index in [1.807, 2.05) is 0 Å². The molecule has 1 N–H and O–H groups in total. The molecular formula is C21H29N3O6S2. The van der Waals surface area contributed by atoms with Gasteiger partial charge >= 0.3 is 0 Å². The molecule has 0 aliphatic heterocycles. The van der Waals surface area contributed by atoms with Crippen LogP contribution in [0.5, 0.6) is 5.75 Å². The van der Waals surface area contributed by atoms with Gasteiger partial charge < -0.3 is 10.1 Å². The Morgan fingerprint density at radius 1 is 0.969 bits per heavy atom. The second kappa shape index (κ2) is 10.4. The molecule has 0 aliphatic carbocycles. The van der Waals surface area contributed by atoms with Gasteiger partial charge in [-0.05, 0) is 48.9 Å². The summed E-state index contributed by atoms with van der Waals surface area (Å²) >= 11 is 0. The summed E-state index contributed by atoms with van der Waals surface area (Å²) in [4.78, 5) is 12.6. The molecule has 2 aromatic rings. The van der Waals surface area contributed by atoms with Crippen molar-refractivity contribution in [1.82, 2.24) is 8.61 Å². The average molecular weight is 484 g/mol. The number of hydrogen-bond acceptors (Lipinski definition) is 6. The lowest BCUT2D eigenvalue weighted by atomic mass is 10.2. The molecule has 0 fully saturated rings. The van der Waals surface area contributed by atoms with E-state index in [4.69, 9.17) is 4.74 Å². The Bertz CT molecular complexity index is 1160. The summed E-state index contributed by atoms with van der Waals surface area (Å²) in [6.45, 7) is 5.38. The summed E-state index contributed by atoms with van der Waals surface area (Å²) in [6.07, 6.45) is 0. The highest BCUT2D eigenvalue weighted by Crippen LogP contribution is 2.24. The van der Waals surface area contributed by atoms with Crippen LogP contribution in [0.25, 0.3) is 0 Å². The Morgan fingerprint density at radius 2 is 1.56 bits per heavy atom. The number of methoxy groups -OCH3 is 1. The van der Waals surface area contributed by atoms with Crippen LogP contribution in [0, 0.1) is 6.92 Å². The Balaban J connectivity index is 2.19. The summed E-state index contributed by atoms with van der Waals surface area (Å²) < 4.78 is 58.5. The van der Waals surface area contributed by atoms with Crippen LogP contribution in [-0.4, -0.2) is 65.1 Å². The fraction of sp³-hybridized carbons (Fsp3) is 0.381. The standard InChI is InChI=1S/C21H29N3O6S2/c1-6-24(7-2)32(28,29)20-14-17(9-8-16(20)3)22-21(25)15-23(4)31(26,27)19-12-10-18(30-5)11-13-19/h8-14H,6-7,15H2,1-5H3,(H,22,25). The largest absolute Gasteiger partial charge is 0.497 e. The van der Waals surface area contributed by atoms with Crippen LogP contribution in [0.2, 0.25) is 0 Å². The number of nitrogens with zero attached hydrogens (tertiary/aromatic N) is 2. The Labute approximate surface area is 190 Å². The zero-order chi connectivity index (χ0) is 24.1. The quantitative estimate of drug-likeness (QED) is 0.555. The molecule has 0 aromatic heterocycles. The third-order valence-electron chi connectivity index (χ3n) is 4.93. The lowest BCUT2D eigenvalue weighted by Gasteiger charge is -2.21. The molecule has 0 saturated carbocycles. The molecule has 11 heteroatoms. The van der Waals surface area contributed by atoms with Crippen molar-refractivity contribution in [2.45, 2.75) is 30.6 Å². The number of likely N-dealkylation sites (N-methyl/N-ethyl adjacent to an activating group) is 1. The minimum Gasteiger partial charge on any atom is -0.497 e. The lowest BCUT2D eigenvalue weighted by molar-refractivity contribution is -0.116. The van der Waals surface area contributed by atoms with E-state index in [1.165, 1.54) is 48.8 Å². The predicted molar refractivity (Wildman–Crippen MR) is 123 cm³/mol. The number of ether oxygens (including phenoxy) is 1. The smallest absolute Gasteiger partial charge is 0.243 e. The first-order valence-corrected chi connectivity index (χ1v) is 12.9. The monoisotopic (exact) mass is 483 g/mol. The number of benzene rings is 2. The van der Waals surface area contributed by atoms with Crippen molar-refractivity contribution in [2.75, 3.05) is 39.1 Å². The summed E-state index contributed by atoms with van der Waals surface area (Å²) in [5.41, 5.74) is 0.815. The third kappa shape index (κ3) is 5.66. The number of nitrogens with one attached hydrogen (secondary N) is 1. The second-order valence-corrected chi connectivity index (χ2v) is 11.0. The molecule has 9 nitrogen and oxygen atoms in total. The number of anilines is 1. The summed E-state index contributed by atoms with van der Waals surface area (Å²) in [5, 5.41) is 2.58. The van der Waals surface area contributed by atoms with E-state index in [-0.39, 0.29) is 15.5 Å². The number of aryl methyl sites for hydroxylation is 1. The van der Waals surface area contributed by atoms with Crippen molar-refractivity contribution < 1.29 is 26.4 Å². The number of rotatable bonds is 10. The normalized spacial score (nSPS) is 12.2. The van der Waals surface area contributed by atoms with Gasteiger partial charge in [0.1, 0.15) is 5.75 Å². The third-order valence-corrected chi connectivity index (χ3v) is 8.94. The molecular weight excluding hydrogens is 454 g/mol. The van der Waals surface area contributed by atoms with Crippen molar-refractivity contribution in [3.8, 4) is 5.75 Å². The molecule has 32 heavy (non-hydrogen) atoms. The Kier molecular flexibility index (Phi) is 8.41. The molecule has 0 saturated heterocycles.